The summed E-state index contributed by atoms with van der Waals surface area (Å²) in [4.78, 5) is 0. The van der Waals surface area contributed by atoms with Gasteiger partial charge in [-0.2, -0.15) is 5.26 Å². The van der Waals surface area contributed by atoms with E-state index in [1.54, 1.807) is 0 Å². The van der Waals surface area contributed by atoms with E-state index in [4.69, 9.17) is 11.2 Å². The third-order valence-corrected chi connectivity index (χ3v) is 3.30. The molecule has 2 nitrogen and oxygen atoms in total. The van der Waals surface area contributed by atoms with Crippen molar-refractivity contribution in [3.05, 3.63) is 64.1 Å². The summed E-state index contributed by atoms with van der Waals surface area (Å²) in [6, 6.07) is 17.3. The summed E-state index contributed by atoms with van der Waals surface area (Å²) >= 11 is 3.38. The van der Waals surface area contributed by atoms with Gasteiger partial charge in [-0.1, -0.05) is 46.1 Å². The van der Waals surface area contributed by atoms with Gasteiger partial charge in [0.15, 0.2) is 0 Å². The number of rotatable bonds is 4. The van der Waals surface area contributed by atoms with Crippen LogP contribution in [0.25, 0.3) is 11.6 Å². The standard InChI is InChI=1S/C18H12BrNO/c1-2-10-21-18-5-3-4-14(12-18)11-16(13-20)15-6-8-17(19)9-7-15/h1,3-9,11-12H,10H2/b16-11-. The summed E-state index contributed by atoms with van der Waals surface area (Å²) in [5, 5.41) is 9.33. The van der Waals surface area contributed by atoms with Crippen LogP contribution in [0, 0.1) is 23.7 Å². The lowest BCUT2D eigenvalue weighted by atomic mass is 10.0. The van der Waals surface area contributed by atoms with Crippen LogP contribution in [0.15, 0.2) is 53.0 Å². The first kappa shape index (κ1) is 14.9. The van der Waals surface area contributed by atoms with E-state index >= 15 is 0 Å². The van der Waals surface area contributed by atoms with Crippen molar-refractivity contribution in [3.63, 3.8) is 0 Å². The lowest BCUT2D eigenvalue weighted by molar-refractivity contribution is 0.370. The second kappa shape index (κ2) is 7.33. The smallest absolute Gasteiger partial charge is 0.148 e. The van der Waals surface area contributed by atoms with Gasteiger partial charge in [0.2, 0.25) is 0 Å². The fraction of sp³-hybridized carbons (Fsp3) is 0.0556. The number of halogens is 1. The third-order valence-electron chi connectivity index (χ3n) is 2.77. The average molecular weight is 338 g/mol. The van der Waals surface area contributed by atoms with E-state index in [0.717, 1.165) is 15.6 Å². The summed E-state index contributed by atoms with van der Waals surface area (Å²) in [5.74, 6) is 3.11. The summed E-state index contributed by atoms with van der Waals surface area (Å²) in [7, 11) is 0. The van der Waals surface area contributed by atoms with Crippen molar-refractivity contribution in [1.82, 2.24) is 0 Å². The van der Waals surface area contributed by atoms with Crippen LogP contribution in [0.3, 0.4) is 0 Å². The predicted molar refractivity (Wildman–Crippen MR) is 88.4 cm³/mol. The summed E-state index contributed by atoms with van der Waals surface area (Å²) in [6.45, 7) is 0.227. The fourth-order valence-electron chi connectivity index (χ4n) is 1.80. The van der Waals surface area contributed by atoms with Crippen molar-refractivity contribution in [2.24, 2.45) is 0 Å². The van der Waals surface area contributed by atoms with Crippen molar-refractivity contribution in [1.29, 1.82) is 5.26 Å². The zero-order chi connectivity index (χ0) is 15.1. The minimum absolute atomic E-state index is 0.227. The van der Waals surface area contributed by atoms with Gasteiger partial charge in [0.05, 0.1) is 11.6 Å². The number of nitriles is 1. The molecule has 0 spiro atoms. The molecule has 0 aliphatic heterocycles. The molecule has 0 heterocycles. The molecule has 2 aromatic carbocycles. The van der Waals surface area contributed by atoms with Crippen molar-refractivity contribution in [2.45, 2.75) is 0 Å². The van der Waals surface area contributed by atoms with Gasteiger partial charge >= 0.3 is 0 Å². The normalized spacial score (nSPS) is 10.5. The van der Waals surface area contributed by atoms with Crippen LogP contribution in [0.2, 0.25) is 0 Å². The second-order valence-corrected chi connectivity index (χ2v) is 5.16. The molecule has 0 amide bonds. The highest BCUT2D eigenvalue weighted by Gasteiger charge is 2.02. The molecule has 102 valence electrons. The SMILES string of the molecule is C#CCOc1cccc(/C=C(/C#N)c2ccc(Br)cc2)c1. The monoisotopic (exact) mass is 337 g/mol. The summed E-state index contributed by atoms with van der Waals surface area (Å²) < 4.78 is 6.36. The topological polar surface area (TPSA) is 33.0 Å². The zero-order valence-corrected chi connectivity index (χ0v) is 12.8. The molecule has 0 radical (unpaired) electrons. The zero-order valence-electron chi connectivity index (χ0n) is 11.2. The van der Waals surface area contributed by atoms with E-state index in [1.165, 1.54) is 0 Å². The first-order valence-corrected chi connectivity index (χ1v) is 7.06. The minimum atomic E-state index is 0.227. The molecule has 0 N–H and O–H groups in total. The van der Waals surface area contributed by atoms with Crippen LogP contribution < -0.4 is 4.74 Å². The van der Waals surface area contributed by atoms with Gasteiger partial charge in [-0.15, -0.1) is 6.42 Å². The molecular formula is C18H12BrNO. The average Bonchev–Trinajstić information content (AvgIpc) is 2.52. The largest absolute Gasteiger partial charge is 0.481 e. The van der Waals surface area contributed by atoms with Crippen LogP contribution in [0.4, 0.5) is 0 Å². The predicted octanol–water partition coefficient (Wildman–Crippen LogP) is 4.53. The van der Waals surface area contributed by atoms with E-state index in [-0.39, 0.29) is 6.61 Å². The lowest BCUT2D eigenvalue weighted by Crippen LogP contribution is -1.93. The first-order valence-electron chi connectivity index (χ1n) is 6.27. The second-order valence-electron chi connectivity index (χ2n) is 4.24. The van der Waals surface area contributed by atoms with Crippen LogP contribution in [0.1, 0.15) is 11.1 Å². The molecular weight excluding hydrogens is 326 g/mol. The highest BCUT2D eigenvalue weighted by Crippen LogP contribution is 2.22. The highest BCUT2D eigenvalue weighted by molar-refractivity contribution is 9.10. The number of terminal acetylenes is 1. The minimum Gasteiger partial charge on any atom is -0.481 e. The Morgan fingerprint density at radius 1 is 1.24 bits per heavy atom. The molecule has 0 aromatic heterocycles. The third kappa shape index (κ3) is 4.24. The maximum Gasteiger partial charge on any atom is 0.148 e. The first-order chi connectivity index (χ1) is 10.2. The fourth-order valence-corrected chi connectivity index (χ4v) is 2.06. The van der Waals surface area contributed by atoms with E-state index in [2.05, 4.69) is 27.9 Å². The maximum atomic E-state index is 9.33. The van der Waals surface area contributed by atoms with Crippen LogP contribution >= 0.6 is 15.9 Å². The molecule has 0 saturated carbocycles. The molecule has 2 aromatic rings. The van der Waals surface area contributed by atoms with Gasteiger partial charge in [0.25, 0.3) is 0 Å². The Bertz CT molecular complexity index is 733. The van der Waals surface area contributed by atoms with E-state index in [9.17, 15) is 5.26 Å². The van der Waals surface area contributed by atoms with Gasteiger partial charge in [0.1, 0.15) is 12.4 Å². The molecule has 0 fully saturated rings. The molecule has 0 atom stereocenters. The Labute approximate surface area is 132 Å². The van der Waals surface area contributed by atoms with Gasteiger partial charge in [-0.3, -0.25) is 0 Å². The van der Waals surface area contributed by atoms with Crippen LogP contribution in [-0.4, -0.2) is 6.61 Å². The number of nitrogens with zero attached hydrogens (tertiary/aromatic N) is 1. The van der Waals surface area contributed by atoms with Crippen molar-refractivity contribution in [3.8, 4) is 24.2 Å². The van der Waals surface area contributed by atoms with Crippen molar-refractivity contribution in [2.75, 3.05) is 6.61 Å². The molecule has 21 heavy (non-hydrogen) atoms. The van der Waals surface area contributed by atoms with E-state index in [0.29, 0.717) is 11.3 Å². The molecule has 0 unspecified atom stereocenters. The molecule has 0 aliphatic carbocycles. The summed E-state index contributed by atoms with van der Waals surface area (Å²) in [5.41, 5.74) is 2.36. The summed E-state index contributed by atoms with van der Waals surface area (Å²) in [6.07, 6.45) is 7.00. The quantitative estimate of drug-likeness (QED) is 0.466. The Kier molecular flexibility index (Phi) is 5.21. The van der Waals surface area contributed by atoms with Crippen LogP contribution in [0.5, 0.6) is 5.75 Å². The Hall–Kier alpha value is -2.49. The lowest BCUT2D eigenvalue weighted by Gasteiger charge is -2.04. The highest BCUT2D eigenvalue weighted by atomic mass is 79.9. The Morgan fingerprint density at radius 3 is 2.67 bits per heavy atom. The van der Waals surface area contributed by atoms with Crippen LogP contribution in [-0.2, 0) is 0 Å². The molecule has 0 aliphatic rings. The van der Waals surface area contributed by atoms with Gasteiger partial charge in [-0.05, 0) is 41.5 Å². The Morgan fingerprint density at radius 2 is 2.00 bits per heavy atom. The number of allylic oxidation sites excluding steroid dienone is 1. The maximum absolute atomic E-state index is 9.33. The molecule has 2 rings (SSSR count). The van der Waals surface area contributed by atoms with Gasteiger partial charge in [-0.25, -0.2) is 0 Å². The van der Waals surface area contributed by atoms with Crippen molar-refractivity contribution < 1.29 is 4.74 Å². The van der Waals surface area contributed by atoms with Gasteiger partial charge < -0.3 is 4.74 Å². The Balaban J connectivity index is 2.30. The van der Waals surface area contributed by atoms with E-state index < -0.39 is 0 Å². The number of ether oxygens (including phenoxy) is 1. The number of hydrogen-bond acceptors (Lipinski definition) is 2. The molecule has 0 bridgehead atoms. The van der Waals surface area contributed by atoms with E-state index in [1.807, 2.05) is 54.6 Å². The molecule has 3 heteroatoms. The van der Waals surface area contributed by atoms with Gasteiger partial charge in [0, 0.05) is 4.47 Å². The molecule has 0 saturated heterocycles. The van der Waals surface area contributed by atoms with Crippen molar-refractivity contribution >= 4 is 27.6 Å². The number of hydrogen-bond donors (Lipinski definition) is 0. The number of benzene rings is 2.